The first-order valence-electron chi connectivity index (χ1n) is 8.74. The molecule has 1 fully saturated rings. The quantitative estimate of drug-likeness (QED) is 0.852. The van der Waals surface area contributed by atoms with Gasteiger partial charge in [-0.05, 0) is 57.9 Å². The van der Waals surface area contributed by atoms with E-state index in [-0.39, 0.29) is 17.0 Å². The number of carbonyl (C=O) groups excluding carboxylic acids is 1. The Bertz CT molecular complexity index is 695. The molecule has 1 aromatic carbocycles. The Labute approximate surface area is 149 Å². The minimum atomic E-state index is -0.406. The number of likely N-dealkylation sites (N-methyl/N-ethyl adjacent to an activating group) is 1. The van der Waals surface area contributed by atoms with E-state index in [1.165, 1.54) is 0 Å². The number of carbonyl (C=O) groups is 1. The van der Waals surface area contributed by atoms with Gasteiger partial charge in [-0.25, -0.2) is 0 Å². The molecule has 0 unspecified atom stereocenters. The Morgan fingerprint density at radius 3 is 2.56 bits per heavy atom. The fraction of sp³-hybridized carbons (Fsp3) is 0.526. The molecule has 0 radical (unpaired) electrons. The molecule has 3 rings (SSSR count). The molecule has 2 aliphatic heterocycles. The maximum atomic E-state index is 11.9. The molecule has 0 saturated carbocycles. The highest BCUT2D eigenvalue weighted by Crippen LogP contribution is 2.39. The number of ketones is 1. The summed E-state index contributed by atoms with van der Waals surface area (Å²) in [6, 6.07) is 5.68. The van der Waals surface area contributed by atoms with Crippen LogP contribution in [0.15, 0.2) is 23.7 Å². The van der Waals surface area contributed by atoms with Gasteiger partial charge in [0.05, 0.1) is 23.4 Å². The van der Waals surface area contributed by atoms with Crippen molar-refractivity contribution >= 4 is 19.0 Å². The summed E-state index contributed by atoms with van der Waals surface area (Å²) >= 11 is 0. The van der Waals surface area contributed by atoms with Crippen molar-refractivity contribution in [3.8, 4) is 5.75 Å². The van der Waals surface area contributed by atoms with Crippen molar-refractivity contribution in [3.05, 3.63) is 34.8 Å². The van der Waals surface area contributed by atoms with Crippen LogP contribution in [0.3, 0.4) is 0 Å². The van der Waals surface area contributed by atoms with E-state index in [0.717, 1.165) is 11.0 Å². The van der Waals surface area contributed by atoms with Crippen molar-refractivity contribution < 1.29 is 18.8 Å². The maximum Gasteiger partial charge on any atom is 0.491 e. The molecule has 1 N–H and O–H groups in total. The minimum Gasteiger partial charge on any atom is -0.492 e. The van der Waals surface area contributed by atoms with E-state index in [1.54, 1.807) is 0 Å². The molecule has 5 nitrogen and oxygen atoms in total. The second-order valence-corrected chi connectivity index (χ2v) is 7.62. The lowest BCUT2D eigenvalue weighted by molar-refractivity contribution is 0.00578. The monoisotopic (exact) mass is 343 g/mol. The van der Waals surface area contributed by atoms with Gasteiger partial charge in [0.15, 0.2) is 5.78 Å². The predicted molar refractivity (Wildman–Crippen MR) is 98.9 cm³/mol. The molecule has 1 saturated heterocycles. The number of fused-ring (bicyclic) bond motifs is 1. The molecule has 0 atom stereocenters. The second-order valence-electron chi connectivity index (χ2n) is 7.62. The standard InChI is InChI=1S/C19H26BNO4/c1-18(2)19(3,4)25-20(24-18)14(12-21-5)10-13-6-7-15-16(22)8-9-23-17(15)11-13/h6-7,10-11,21H,8-9,12H2,1-5H3. The third kappa shape index (κ3) is 3.52. The van der Waals surface area contributed by atoms with Gasteiger partial charge < -0.3 is 19.4 Å². The van der Waals surface area contributed by atoms with Crippen LogP contribution >= 0.6 is 0 Å². The summed E-state index contributed by atoms with van der Waals surface area (Å²) in [7, 11) is 1.49. The summed E-state index contributed by atoms with van der Waals surface area (Å²) in [5, 5.41) is 3.18. The fourth-order valence-electron chi connectivity index (χ4n) is 2.98. The third-order valence-electron chi connectivity index (χ3n) is 5.18. The summed E-state index contributed by atoms with van der Waals surface area (Å²) in [4.78, 5) is 11.9. The van der Waals surface area contributed by atoms with Crippen LogP contribution in [0.5, 0.6) is 5.75 Å². The Hall–Kier alpha value is -1.63. The van der Waals surface area contributed by atoms with E-state index in [0.29, 0.717) is 30.9 Å². The van der Waals surface area contributed by atoms with E-state index in [9.17, 15) is 4.79 Å². The van der Waals surface area contributed by atoms with Crippen LogP contribution in [0.1, 0.15) is 50.0 Å². The Balaban J connectivity index is 1.90. The van der Waals surface area contributed by atoms with Gasteiger partial charge in [0.2, 0.25) is 0 Å². The van der Waals surface area contributed by atoms with E-state index in [2.05, 4.69) is 5.32 Å². The largest absolute Gasteiger partial charge is 0.492 e. The van der Waals surface area contributed by atoms with Gasteiger partial charge in [0, 0.05) is 13.0 Å². The van der Waals surface area contributed by atoms with Crippen LogP contribution in [-0.2, 0) is 9.31 Å². The molecule has 6 heteroatoms. The first-order chi connectivity index (χ1) is 11.7. The number of hydrogen-bond donors (Lipinski definition) is 1. The number of Topliss-reactive ketones (excluding diaryl/α,β-unsaturated/α-hetero) is 1. The van der Waals surface area contributed by atoms with Gasteiger partial charge in [-0.1, -0.05) is 12.1 Å². The number of benzene rings is 1. The molecule has 2 heterocycles. The Morgan fingerprint density at radius 1 is 1.24 bits per heavy atom. The third-order valence-corrected chi connectivity index (χ3v) is 5.18. The molecule has 0 spiro atoms. The Kier molecular flexibility index (Phi) is 4.79. The molecule has 0 aliphatic carbocycles. The molecule has 0 bridgehead atoms. The van der Waals surface area contributed by atoms with Crippen LogP contribution in [0.25, 0.3) is 6.08 Å². The van der Waals surface area contributed by atoms with Crippen molar-refractivity contribution in [2.24, 2.45) is 0 Å². The first-order valence-corrected chi connectivity index (χ1v) is 8.74. The number of hydrogen-bond acceptors (Lipinski definition) is 5. The van der Waals surface area contributed by atoms with E-state index >= 15 is 0 Å². The molecule has 0 amide bonds. The minimum absolute atomic E-state index is 0.137. The van der Waals surface area contributed by atoms with E-state index in [1.807, 2.05) is 59.0 Å². The lowest BCUT2D eigenvalue weighted by atomic mass is 9.77. The number of nitrogens with one attached hydrogen (secondary N) is 1. The zero-order valence-electron chi connectivity index (χ0n) is 15.6. The lowest BCUT2D eigenvalue weighted by Gasteiger charge is -2.32. The van der Waals surface area contributed by atoms with Gasteiger partial charge in [-0.15, -0.1) is 0 Å². The molecule has 1 aromatic rings. The topological polar surface area (TPSA) is 56.8 Å². The fourth-order valence-corrected chi connectivity index (χ4v) is 2.98. The SMILES string of the molecule is CNCC(=Cc1ccc2c(c1)OCCC2=O)B1OC(C)(C)C(C)(C)O1. The summed E-state index contributed by atoms with van der Waals surface area (Å²) in [6.45, 7) is 9.27. The molecular formula is C19H26BNO4. The summed E-state index contributed by atoms with van der Waals surface area (Å²) in [5.74, 6) is 0.793. The average molecular weight is 343 g/mol. The molecule has 2 aliphatic rings. The molecule has 25 heavy (non-hydrogen) atoms. The molecular weight excluding hydrogens is 317 g/mol. The maximum absolute atomic E-state index is 11.9. The van der Waals surface area contributed by atoms with Crippen LogP contribution in [0, 0.1) is 0 Å². The van der Waals surface area contributed by atoms with Crippen molar-refractivity contribution in [3.63, 3.8) is 0 Å². The second kappa shape index (κ2) is 6.59. The van der Waals surface area contributed by atoms with Gasteiger partial charge in [-0.3, -0.25) is 4.79 Å². The van der Waals surface area contributed by atoms with Crippen molar-refractivity contribution in [1.29, 1.82) is 0 Å². The van der Waals surface area contributed by atoms with Gasteiger partial charge >= 0.3 is 7.12 Å². The first kappa shape index (κ1) is 18.2. The zero-order chi connectivity index (χ0) is 18.2. The van der Waals surface area contributed by atoms with Crippen LogP contribution in [-0.4, -0.2) is 44.3 Å². The summed E-state index contributed by atoms with van der Waals surface area (Å²) in [5.41, 5.74) is 1.87. The van der Waals surface area contributed by atoms with Crippen molar-refractivity contribution in [2.75, 3.05) is 20.2 Å². The Morgan fingerprint density at radius 2 is 1.92 bits per heavy atom. The lowest BCUT2D eigenvalue weighted by Crippen LogP contribution is -2.41. The van der Waals surface area contributed by atoms with Gasteiger partial charge in [0.25, 0.3) is 0 Å². The average Bonchev–Trinajstić information content (AvgIpc) is 2.75. The number of rotatable bonds is 4. The smallest absolute Gasteiger partial charge is 0.491 e. The van der Waals surface area contributed by atoms with E-state index in [4.69, 9.17) is 14.0 Å². The van der Waals surface area contributed by atoms with Gasteiger partial charge in [0.1, 0.15) is 5.75 Å². The van der Waals surface area contributed by atoms with Crippen LogP contribution in [0.4, 0.5) is 0 Å². The van der Waals surface area contributed by atoms with Crippen LogP contribution < -0.4 is 10.1 Å². The number of ether oxygens (including phenoxy) is 1. The highest BCUT2D eigenvalue weighted by Gasteiger charge is 2.52. The normalized spacial score (nSPS) is 21.9. The van der Waals surface area contributed by atoms with Crippen molar-refractivity contribution in [2.45, 2.75) is 45.3 Å². The van der Waals surface area contributed by atoms with Crippen molar-refractivity contribution in [1.82, 2.24) is 5.32 Å². The summed E-state index contributed by atoms with van der Waals surface area (Å²) in [6.07, 6.45) is 2.49. The van der Waals surface area contributed by atoms with Crippen LogP contribution in [0.2, 0.25) is 0 Å². The van der Waals surface area contributed by atoms with Gasteiger partial charge in [-0.2, -0.15) is 0 Å². The van der Waals surface area contributed by atoms with E-state index < -0.39 is 7.12 Å². The highest BCUT2D eigenvalue weighted by molar-refractivity contribution is 6.55. The molecule has 0 aromatic heterocycles. The molecule has 134 valence electrons. The highest BCUT2D eigenvalue weighted by atomic mass is 16.7. The zero-order valence-corrected chi connectivity index (χ0v) is 15.6. The summed E-state index contributed by atoms with van der Waals surface area (Å²) < 4.78 is 18.0. The predicted octanol–water partition coefficient (Wildman–Crippen LogP) is 2.89.